The van der Waals surface area contributed by atoms with Gasteiger partial charge in [0.15, 0.2) is 0 Å². The first kappa shape index (κ1) is 14.5. The number of rotatable bonds is 0. The summed E-state index contributed by atoms with van der Waals surface area (Å²) in [6.45, 7) is 0. The fraction of sp³-hybridized carbons (Fsp3) is 0. The van der Waals surface area contributed by atoms with Crippen molar-refractivity contribution in [1.29, 1.82) is 0 Å². The van der Waals surface area contributed by atoms with Gasteiger partial charge in [0.1, 0.15) is 0 Å². The molecule has 0 aromatic carbocycles. The first-order valence-corrected chi connectivity index (χ1v) is 2.72. The second-order valence-corrected chi connectivity index (χ2v) is 1.52. The van der Waals surface area contributed by atoms with Crippen molar-refractivity contribution in [2.45, 2.75) is 0 Å². The zero-order valence-electron chi connectivity index (χ0n) is 7.42. The average Bonchev–Trinajstić information content (AvgIpc) is 1.88. The Hall–Kier alpha value is -0.0651. The van der Waals surface area contributed by atoms with Crippen LogP contribution in [-0.2, 0) is 0 Å². The zero-order chi connectivity index (χ0) is 8.74. The molecule has 64 valence electrons. The standard InChI is InChI=1S/C5H5N.BF4.Na.H/c1-2-4-6-5-3-1;2-1(3,4)5;;/h1-5H;;;/q;-1;+1;-1. The zero-order valence-corrected chi connectivity index (χ0v) is 8.42. The molecule has 0 aliphatic carbocycles. The van der Waals surface area contributed by atoms with E-state index in [4.69, 9.17) is 0 Å². The Morgan fingerprint density at radius 3 is 1.33 bits per heavy atom. The topological polar surface area (TPSA) is 12.9 Å². The Balaban J connectivity index is -0.000000136. The molecule has 0 atom stereocenters. The molecule has 0 aliphatic heterocycles. The molecular weight excluding hydrogens is 184 g/mol. The number of nitrogens with zero attached hydrogens (tertiary/aromatic N) is 1. The number of pyridine rings is 1. The van der Waals surface area contributed by atoms with Crippen LogP contribution in [0.1, 0.15) is 1.43 Å². The minimum atomic E-state index is -6.00. The molecule has 0 bridgehead atoms. The molecule has 0 unspecified atom stereocenters. The van der Waals surface area contributed by atoms with E-state index in [1.165, 1.54) is 0 Å². The quantitative estimate of drug-likeness (QED) is 0.396. The summed E-state index contributed by atoms with van der Waals surface area (Å²) in [5.74, 6) is 0. The Bertz CT molecular complexity index is 153. The van der Waals surface area contributed by atoms with Crippen molar-refractivity contribution < 1.29 is 48.2 Å². The summed E-state index contributed by atoms with van der Waals surface area (Å²) < 4.78 is 39.0. The second kappa shape index (κ2) is 7.58. The first-order chi connectivity index (χ1) is 5.00. The Morgan fingerprint density at radius 1 is 0.917 bits per heavy atom. The monoisotopic (exact) mass is 190 g/mol. The minimum absolute atomic E-state index is 0. The van der Waals surface area contributed by atoms with Crippen LogP contribution in [0.3, 0.4) is 0 Å². The summed E-state index contributed by atoms with van der Waals surface area (Å²) in [5.41, 5.74) is 0. The molecule has 0 fully saturated rings. The molecule has 1 nitrogen and oxygen atoms in total. The Kier molecular flexibility index (Phi) is 9.13. The third-order valence-electron chi connectivity index (χ3n) is 0.566. The maximum atomic E-state index is 9.75. The number of aromatic nitrogens is 1. The normalized spacial score (nSPS) is 9.00. The van der Waals surface area contributed by atoms with Gasteiger partial charge in [-0.3, -0.25) is 4.98 Å². The molecule has 0 radical (unpaired) electrons. The molecule has 7 heteroatoms. The van der Waals surface area contributed by atoms with E-state index in [2.05, 4.69) is 4.98 Å². The van der Waals surface area contributed by atoms with E-state index in [1.54, 1.807) is 12.4 Å². The SMILES string of the molecule is F[B-](F)(F)F.[H-].[Na+].c1ccncc1. The number of hydrogen-bond donors (Lipinski definition) is 0. The van der Waals surface area contributed by atoms with E-state index in [0.717, 1.165) is 0 Å². The smallest absolute Gasteiger partial charge is 1.00 e. The summed E-state index contributed by atoms with van der Waals surface area (Å²) in [4.78, 5) is 3.78. The van der Waals surface area contributed by atoms with Gasteiger partial charge in [-0.2, -0.15) is 0 Å². The number of halogens is 4. The van der Waals surface area contributed by atoms with Gasteiger partial charge >= 0.3 is 36.8 Å². The molecule has 0 amide bonds. The van der Waals surface area contributed by atoms with E-state index in [-0.39, 0.29) is 31.0 Å². The van der Waals surface area contributed by atoms with E-state index in [0.29, 0.717) is 0 Å². The van der Waals surface area contributed by atoms with Crippen LogP contribution in [0.4, 0.5) is 17.3 Å². The molecule has 1 aromatic heterocycles. The predicted molar refractivity (Wildman–Crippen MR) is 35.5 cm³/mol. The molecule has 0 saturated carbocycles. The van der Waals surface area contributed by atoms with Crippen molar-refractivity contribution in [3.05, 3.63) is 30.6 Å². The fourth-order valence-corrected chi connectivity index (χ4v) is 0.313. The van der Waals surface area contributed by atoms with Gasteiger partial charge in [-0.1, -0.05) is 6.07 Å². The van der Waals surface area contributed by atoms with Gasteiger partial charge in [0.05, 0.1) is 0 Å². The molecule has 1 aromatic rings. The van der Waals surface area contributed by atoms with Crippen LogP contribution in [0.2, 0.25) is 0 Å². The van der Waals surface area contributed by atoms with Crippen LogP contribution >= 0.6 is 0 Å². The van der Waals surface area contributed by atoms with Crippen LogP contribution in [0, 0.1) is 0 Å². The van der Waals surface area contributed by atoms with Crippen LogP contribution in [0.25, 0.3) is 0 Å². The minimum Gasteiger partial charge on any atom is -1.00 e. The van der Waals surface area contributed by atoms with Gasteiger partial charge in [-0.25, -0.2) is 0 Å². The van der Waals surface area contributed by atoms with Crippen LogP contribution in [0.5, 0.6) is 0 Å². The Labute approximate surface area is 91.1 Å². The third kappa shape index (κ3) is 22.5. The van der Waals surface area contributed by atoms with Gasteiger partial charge in [0, 0.05) is 12.4 Å². The van der Waals surface area contributed by atoms with E-state index in [9.17, 15) is 17.3 Å². The maximum Gasteiger partial charge on any atom is 1.00 e. The van der Waals surface area contributed by atoms with Crippen LogP contribution in [-0.4, -0.2) is 12.2 Å². The van der Waals surface area contributed by atoms with Crippen LogP contribution in [0.15, 0.2) is 30.6 Å². The molecule has 0 spiro atoms. The van der Waals surface area contributed by atoms with Crippen molar-refractivity contribution in [3.8, 4) is 0 Å². The average molecular weight is 190 g/mol. The molecular formula is C5H6BF4NNa-. The summed E-state index contributed by atoms with van der Waals surface area (Å²) in [6, 6.07) is 5.72. The van der Waals surface area contributed by atoms with Gasteiger partial charge < -0.3 is 18.7 Å². The molecule has 0 saturated heterocycles. The van der Waals surface area contributed by atoms with Crippen molar-refractivity contribution in [3.63, 3.8) is 0 Å². The number of hydrogen-bond acceptors (Lipinski definition) is 1. The van der Waals surface area contributed by atoms with E-state index >= 15 is 0 Å². The first-order valence-electron chi connectivity index (χ1n) is 2.72. The van der Waals surface area contributed by atoms with E-state index in [1.807, 2.05) is 18.2 Å². The molecule has 0 N–H and O–H groups in total. The fourth-order valence-electron chi connectivity index (χ4n) is 0.313. The molecule has 1 rings (SSSR count). The third-order valence-corrected chi connectivity index (χ3v) is 0.566. The van der Waals surface area contributed by atoms with Crippen molar-refractivity contribution >= 4 is 7.25 Å². The summed E-state index contributed by atoms with van der Waals surface area (Å²) >= 11 is 0. The van der Waals surface area contributed by atoms with Gasteiger partial charge in [0.2, 0.25) is 0 Å². The second-order valence-electron chi connectivity index (χ2n) is 1.52. The van der Waals surface area contributed by atoms with Crippen molar-refractivity contribution in [1.82, 2.24) is 4.98 Å². The summed E-state index contributed by atoms with van der Waals surface area (Å²) in [5, 5.41) is 0. The maximum absolute atomic E-state index is 9.75. The molecule has 12 heavy (non-hydrogen) atoms. The summed E-state index contributed by atoms with van der Waals surface area (Å²) in [6.07, 6.45) is 3.50. The van der Waals surface area contributed by atoms with Crippen molar-refractivity contribution in [2.24, 2.45) is 0 Å². The predicted octanol–water partition coefficient (Wildman–Crippen LogP) is -0.502. The molecule has 1 heterocycles. The van der Waals surface area contributed by atoms with Gasteiger partial charge in [-0.15, -0.1) is 0 Å². The summed E-state index contributed by atoms with van der Waals surface area (Å²) in [7, 11) is -6.00. The van der Waals surface area contributed by atoms with Gasteiger partial charge in [0.25, 0.3) is 0 Å². The van der Waals surface area contributed by atoms with Gasteiger partial charge in [-0.05, 0) is 12.1 Å². The Morgan fingerprint density at radius 2 is 1.25 bits per heavy atom. The van der Waals surface area contributed by atoms with Crippen LogP contribution < -0.4 is 29.6 Å². The molecule has 0 aliphatic rings. The largest absolute Gasteiger partial charge is 1.00 e. The van der Waals surface area contributed by atoms with Crippen molar-refractivity contribution in [2.75, 3.05) is 0 Å². The van der Waals surface area contributed by atoms with E-state index < -0.39 is 7.25 Å².